The first-order valence-corrected chi connectivity index (χ1v) is 5.50. The van der Waals surface area contributed by atoms with Gasteiger partial charge < -0.3 is 9.30 Å². The number of hydrogen-bond donors (Lipinski definition) is 0. The highest BCUT2D eigenvalue weighted by molar-refractivity contribution is 6.04. The number of aryl methyl sites for hydroxylation is 2. The number of nitrogens with zero attached hydrogens (tertiary/aromatic N) is 1. The van der Waals surface area contributed by atoms with Crippen molar-refractivity contribution in [3.8, 4) is 0 Å². The first-order chi connectivity index (χ1) is 7.81. The van der Waals surface area contributed by atoms with Crippen LogP contribution in [0.3, 0.4) is 0 Å². The van der Waals surface area contributed by atoms with Crippen molar-refractivity contribution in [1.82, 2.24) is 4.57 Å². The molecule has 82 valence electrons. The lowest BCUT2D eigenvalue weighted by molar-refractivity contribution is 0.0603. The third-order valence-electron chi connectivity index (χ3n) is 3.25. The fourth-order valence-corrected chi connectivity index (χ4v) is 2.52. The van der Waals surface area contributed by atoms with E-state index in [2.05, 4.69) is 16.7 Å². The summed E-state index contributed by atoms with van der Waals surface area (Å²) in [7, 11) is 1.42. The van der Waals surface area contributed by atoms with Gasteiger partial charge in [-0.3, -0.25) is 0 Å². The van der Waals surface area contributed by atoms with Crippen LogP contribution in [-0.4, -0.2) is 17.6 Å². The number of esters is 1. The van der Waals surface area contributed by atoms with Gasteiger partial charge in [0.25, 0.3) is 0 Å². The van der Waals surface area contributed by atoms with Gasteiger partial charge in [0, 0.05) is 23.1 Å². The summed E-state index contributed by atoms with van der Waals surface area (Å²) in [5.74, 6) is -0.255. The standard InChI is InChI=1S/C13H13NO2/c1-16-13(15)10-5-2-6-12-11(10)8-9-4-3-7-14(9)12/h2,5-6,8H,3-4,7H2,1H3. The number of rotatable bonds is 1. The van der Waals surface area contributed by atoms with Gasteiger partial charge in [0.15, 0.2) is 0 Å². The molecule has 1 aliphatic rings. The average Bonchev–Trinajstić information content (AvgIpc) is 2.87. The van der Waals surface area contributed by atoms with Crippen molar-refractivity contribution in [2.45, 2.75) is 19.4 Å². The van der Waals surface area contributed by atoms with Crippen LogP contribution in [0, 0.1) is 0 Å². The number of aromatic nitrogens is 1. The first kappa shape index (κ1) is 9.46. The van der Waals surface area contributed by atoms with E-state index < -0.39 is 0 Å². The Hall–Kier alpha value is -1.77. The summed E-state index contributed by atoms with van der Waals surface area (Å²) in [4.78, 5) is 11.6. The molecule has 2 aromatic rings. The monoisotopic (exact) mass is 215 g/mol. The largest absolute Gasteiger partial charge is 0.465 e. The number of carbonyl (C=O) groups is 1. The number of ether oxygens (including phenoxy) is 1. The summed E-state index contributed by atoms with van der Waals surface area (Å²) >= 11 is 0. The van der Waals surface area contributed by atoms with Crippen molar-refractivity contribution < 1.29 is 9.53 Å². The maximum Gasteiger partial charge on any atom is 0.338 e. The number of hydrogen-bond acceptors (Lipinski definition) is 2. The normalized spacial score (nSPS) is 14.1. The molecular formula is C13H13NO2. The number of fused-ring (bicyclic) bond motifs is 3. The third kappa shape index (κ3) is 1.18. The van der Waals surface area contributed by atoms with Crippen LogP contribution in [0.5, 0.6) is 0 Å². The van der Waals surface area contributed by atoms with Crippen LogP contribution in [0.1, 0.15) is 22.5 Å². The summed E-state index contributed by atoms with van der Waals surface area (Å²) in [5.41, 5.74) is 3.14. The zero-order chi connectivity index (χ0) is 11.1. The Bertz CT molecular complexity index is 569. The number of carbonyl (C=O) groups excluding carboxylic acids is 1. The zero-order valence-corrected chi connectivity index (χ0v) is 9.19. The molecule has 0 aliphatic carbocycles. The third-order valence-corrected chi connectivity index (χ3v) is 3.25. The average molecular weight is 215 g/mol. The molecule has 1 aromatic heterocycles. The van der Waals surface area contributed by atoms with Crippen LogP contribution in [0.4, 0.5) is 0 Å². The van der Waals surface area contributed by atoms with E-state index in [1.165, 1.54) is 19.2 Å². The summed E-state index contributed by atoms with van der Waals surface area (Å²) in [5, 5.41) is 1.02. The zero-order valence-electron chi connectivity index (χ0n) is 9.19. The summed E-state index contributed by atoms with van der Waals surface area (Å²) in [6, 6.07) is 7.93. The van der Waals surface area contributed by atoms with Crippen LogP contribution < -0.4 is 0 Å². The molecule has 1 aromatic carbocycles. The minimum Gasteiger partial charge on any atom is -0.465 e. The lowest BCUT2D eigenvalue weighted by Crippen LogP contribution is -2.01. The highest BCUT2D eigenvalue weighted by Crippen LogP contribution is 2.28. The van der Waals surface area contributed by atoms with Crippen molar-refractivity contribution in [2.75, 3.05) is 7.11 Å². The molecule has 0 amide bonds. The van der Waals surface area contributed by atoms with Crippen molar-refractivity contribution in [2.24, 2.45) is 0 Å². The first-order valence-electron chi connectivity index (χ1n) is 5.50. The van der Waals surface area contributed by atoms with Crippen molar-refractivity contribution >= 4 is 16.9 Å². The molecule has 0 spiro atoms. The molecule has 16 heavy (non-hydrogen) atoms. The molecule has 0 N–H and O–H groups in total. The van der Waals surface area contributed by atoms with Crippen LogP contribution in [0.25, 0.3) is 10.9 Å². The van der Waals surface area contributed by atoms with Crippen LogP contribution in [-0.2, 0) is 17.7 Å². The van der Waals surface area contributed by atoms with Crippen molar-refractivity contribution in [3.05, 3.63) is 35.5 Å². The van der Waals surface area contributed by atoms with Gasteiger partial charge in [-0.2, -0.15) is 0 Å². The SMILES string of the molecule is COC(=O)c1cccc2c1cc1n2CCC1. The molecule has 3 heteroatoms. The van der Waals surface area contributed by atoms with Gasteiger partial charge in [-0.05, 0) is 31.0 Å². The van der Waals surface area contributed by atoms with Gasteiger partial charge in [-0.25, -0.2) is 4.79 Å². The van der Waals surface area contributed by atoms with Gasteiger partial charge in [0.1, 0.15) is 0 Å². The smallest absolute Gasteiger partial charge is 0.338 e. The lowest BCUT2D eigenvalue weighted by Gasteiger charge is -2.03. The summed E-state index contributed by atoms with van der Waals surface area (Å²) < 4.78 is 7.09. The molecule has 0 saturated carbocycles. The number of methoxy groups -OCH3 is 1. The molecule has 0 atom stereocenters. The van der Waals surface area contributed by atoms with Crippen molar-refractivity contribution in [1.29, 1.82) is 0 Å². The predicted molar refractivity (Wildman–Crippen MR) is 61.6 cm³/mol. The molecular weight excluding hydrogens is 202 g/mol. The Morgan fingerprint density at radius 3 is 3.12 bits per heavy atom. The van der Waals surface area contributed by atoms with E-state index in [1.54, 1.807) is 0 Å². The van der Waals surface area contributed by atoms with E-state index in [0.29, 0.717) is 5.56 Å². The van der Waals surface area contributed by atoms with E-state index >= 15 is 0 Å². The lowest BCUT2D eigenvalue weighted by atomic mass is 10.1. The molecule has 0 saturated heterocycles. The predicted octanol–water partition coefficient (Wildman–Crippen LogP) is 2.37. The fraction of sp³-hybridized carbons (Fsp3) is 0.308. The van der Waals surface area contributed by atoms with E-state index in [1.807, 2.05) is 12.1 Å². The second-order valence-corrected chi connectivity index (χ2v) is 4.12. The van der Waals surface area contributed by atoms with Crippen LogP contribution in [0.15, 0.2) is 24.3 Å². The molecule has 2 heterocycles. The second kappa shape index (κ2) is 3.37. The highest BCUT2D eigenvalue weighted by atomic mass is 16.5. The summed E-state index contributed by atoms with van der Waals surface area (Å²) in [6.45, 7) is 1.06. The van der Waals surface area contributed by atoms with Gasteiger partial charge in [0.2, 0.25) is 0 Å². The highest BCUT2D eigenvalue weighted by Gasteiger charge is 2.18. The Morgan fingerprint density at radius 1 is 1.44 bits per heavy atom. The Labute approximate surface area is 93.6 Å². The number of benzene rings is 1. The van der Waals surface area contributed by atoms with Gasteiger partial charge >= 0.3 is 5.97 Å². The minimum atomic E-state index is -0.255. The van der Waals surface area contributed by atoms with Crippen LogP contribution in [0.2, 0.25) is 0 Å². The van der Waals surface area contributed by atoms with E-state index in [9.17, 15) is 4.79 Å². The molecule has 0 unspecified atom stereocenters. The maximum absolute atomic E-state index is 11.6. The Kier molecular flexibility index (Phi) is 1.99. The molecule has 0 bridgehead atoms. The van der Waals surface area contributed by atoms with E-state index in [4.69, 9.17) is 4.74 Å². The molecule has 0 radical (unpaired) electrons. The van der Waals surface area contributed by atoms with Crippen molar-refractivity contribution in [3.63, 3.8) is 0 Å². The summed E-state index contributed by atoms with van der Waals surface area (Å²) in [6.07, 6.45) is 2.31. The molecule has 3 rings (SSSR count). The second-order valence-electron chi connectivity index (χ2n) is 4.12. The topological polar surface area (TPSA) is 31.2 Å². The van der Waals surface area contributed by atoms with Gasteiger partial charge in [-0.1, -0.05) is 6.07 Å². The van der Waals surface area contributed by atoms with E-state index in [-0.39, 0.29) is 5.97 Å². The van der Waals surface area contributed by atoms with Gasteiger partial charge in [-0.15, -0.1) is 0 Å². The fourth-order valence-electron chi connectivity index (χ4n) is 2.52. The molecule has 0 fully saturated rings. The minimum absolute atomic E-state index is 0.255. The maximum atomic E-state index is 11.6. The Morgan fingerprint density at radius 2 is 2.31 bits per heavy atom. The van der Waals surface area contributed by atoms with Crippen LogP contribution >= 0.6 is 0 Å². The molecule has 1 aliphatic heterocycles. The Balaban J connectivity index is 2.28. The quantitative estimate of drug-likeness (QED) is 0.684. The van der Waals surface area contributed by atoms with E-state index in [0.717, 1.165) is 23.9 Å². The molecule has 3 nitrogen and oxygen atoms in total. The van der Waals surface area contributed by atoms with Gasteiger partial charge in [0.05, 0.1) is 12.7 Å².